The van der Waals surface area contributed by atoms with E-state index in [0.29, 0.717) is 0 Å². The summed E-state index contributed by atoms with van der Waals surface area (Å²) < 4.78 is 12.3. The highest BCUT2D eigenvalue weighted by molar-refractivity contribution is 7.87. The number of hydrogen-bond acceptors (Lipinski definition) is 3. The van der Waals surface area contributed by atoms with E-state index >= 15 is 0 Å². The number of thiophene rings is 1. The summed E-state index contributed by atoms with van der Waals surface area (Å²) in [5.74, 6) is -0.905. The van der Waals surface area contributed by atoms with E-state index in [9.17, 15) is 9.00 Å². The smallest absolute Gasteiger partial charge is 0.304 e. The van der Waals surface area contributed by atoms with E-state index in [1.165, 1.54) is 11.3 Å². The molecule has 0 saturated carbocycles. The highest BCUT2D eigenvalue weighted by Gasteiger charge is 2.16. The molecule has 0 spiro atoms. The lowest BCUT2D eigenvalue weighted by atomic mass is 10.3. The van der Waals surface area contributed by atoms with Crippen LogP contribution in [0, 0.1) is 0 Å². The first-order chi connectivity index (χ1) is 6.11. The van der Waals surface area contributed by atoms with E-state index in [1.807, 2.05) is 11.4 Å². The molecule has 0 aromatic carbocycles. The molecule has 1 aromatic heterocycles. The maximum atomic E-state index is 11.6. The van der Waals surface area contributed by atoms with Gasteiger partial charge in [0.1, 0.15) is 0 Å². The molecule has 1 rings (SSSR count). The fourth-order valence-corrected chi connectivity index (χ4v) is 3.29. The Hall–Kier alpha value is -0.680. The van der Waals surface area contributed by atoms with E-state index in [4.69, 9.17) is 5.11 Å². The van der Waals surface area contributed by atoms with Gasteiger partial charge >= 0.3 is 5.97 Å². The first-order valence-corrected chi connectivity index (χ1v) is 5.86. The molecule has 0 radical (unpaired) electrons. The predicted octanol–water partition coefficient (Wildman–Crippen LogP) is 1.72. The summed E-state index contributed by atoms with van der Waals surface area (Å²) in [5, 5.41) is 10.0. The molecule has 1 heterocycles. The van der Waals surface area contributed by atoms with Crippen LogP contribution >= 0.6 is 11.3 Å². The molecule has 0 bridgehead atoms. The van der Waals surface area contributed by atoms with Crippen LogP contribution in [0.4, 0.5) is 0 Å². The third-order valence-corrected chi connectivity index (χ3v) is 4.39. The predicted molar refractivity (Wildman–Crippen MR) is 52.4 cm³/mol. The maximum absolute atomic E-state index is 11.6. The van der Waals surface area contributed by atoms with Gasteiger partial charge in [0.05, 0.1) is 21.4 Å². The van der Waals surface area contributed by atoms with Crippen LogP contribution < -0.4 is 0 Å². The number of aliphatic carboxylic acids is 1. The van der Waals surface area contributed by atoms with Crippen LogP contribution in [-0.2, 0) is 15.6 Å². The molecule has 5 heteroatoms. The molecule has 1 N–H and O–H groups in total. The molecule has 2 atom stereocenters. The van der Waals surface area contributed by atoms with Crippen LogP contribution in [0.2, 0.25) is 0 Å². The van der Waals surface area contributed by atoms with E-state index in [2.05, 4.69) is 0 Å². The quantitative estimate of drug-likeness (QED) is 0.837. The Morgan fingerprint density at radius 3 is 2.92 bits per heavy atom. The van der Waals surface area contributed by atoms with Crippen molar-refractivity contribution < 1.29 is 14.1 Å². The molecule has 1 aromatic rings. The highest BCUT2D eigenvalue weighted by Crippen LogP contribution is 2.18. The van der Waals surface area contributed by atoms with Crippen LogP contribution in [0.3, 0.4) is 0 Å². The van der Waals surface area contributed by atoms with Crippen molar-refractivity contribution in [3.63, 3.8) is 0 Å². The standard InChI is InChI=1S/C8H10O3S2/c1-6(5-7(9)10)13(11)8-3-2-4-12-8/h2-4,6H,5H2,1H3,(H,9,10). The molecule has 0 amide bonds. The zero-order chi connectivity index (χ0) is 9.84. The topological polar surface area (TPSA) is 54.4 Å². The second-order valence-electron chi connectivity index (χ2n) is 2.64. The van der Waals surface area contributed by atoms with Crippen LogP contribution in [0.5, 0.6) is 0 Å². The second-order valence-corrected chi connectivity index (χ2v) is 5.68. The van der Waals surface area contributed by atoms with Crippen LogP contribution in [0.15, 0.2) is 21.7 Å². The van der Waals surface area contributed by atoms with E-state index < -0.39 is 16.8 Å². The maximum Gasteiger partial charge on any atom is 0.304 e. The van der Waals surface area contributed by atoms with Crippen molar-refractivity contribution in [2.24, 2.45) is 0 Å². The van der Waals surface area contributed by atoms with Crippen LogP contribution in [0.25, 0.3) is 0 Å². The Morgan fingerprint density at radius 2 is 2.46 bits per heavy atom. The summed E-state index contributed by atoms with van der Waals surface area (Å²) >= 11 is 1.39. The van der Waals surface area contributed by atoms with E-state index in [0.717, 1.165) is 4.21 Å². The minimum atomic E-state index is -1.18. The lowest BCUT2D eigenvalue weighted by molar-refractivity contribution is -0.136. The van der Waals surface area contributed by atoms with Gasteiger partial charge in [-0.2, -0.15) is 0 Å². The van der Waals surface area contributed by atoms with Gasteiger partial charge < -0.3 is 5.11 Å². The Labute approximate surface area is 82.9 Å². The summed E-state index contributed by atoms with van der Waals surface area (Å²) in [6.07, 6.45) is -0.0511. The molecule has 0 aliphatic carbocycles. The Bertz CT molecular complexity index is 305. The minimum Gasteiger partial charge on any atom is -0.481 e. The van der Waals surface area contributed by atoms with Gasteiger partial charge in [0.25, 0.3) is 0 Å². The van der Waals surface area contributed by atoms with Crippen molar-refractivity contribution in [2.45, 2.75) is 22.8 Å². The summed E-state index contributed by atoms with van der Waals surface area (Å²) in [6.45, 7) is 1.68. The van der Waals surface area contributed by atoms with E-state index in [1.54, 1.807) is 13.0 Å². The van der Waals surface area contributed by atoms with Gasteiger partial charge in [-0.1, -0.05) is 6.07 Å². The molecule has 3 nitrogen and oxygen atoms in total. The summed E-state index contributed by atoms with van der Waals surface area (Å²) in [5.41, 5.74) is 0. The number of carboxylic acids is 1. The Morgan fingerprint density at radius 1 is 1.77 bits per heavy atom. The monoisotopic (exact) mass is 218 g/mol. The lowest BCUT2D eigenvalue weighted by Gasteiger charge is -2.05. The molecular formula is C8H10O3S2. The van der Waals surface area contributed by atoms with Gasteiger partial charge in [-0.05, 0) is 18.4 Å². The molecule has 2 unspecified atom stereocenters. The largest absolute Gasteiger partial charge is 0.481 e. The fraction of sp³-hybridized carbons (Fsp3) is 0.375. The zero-order valence-electron chi connectivity index (χ0n) is 7.10. The third kappa shape index (κ3) is 2.93. The highest BCUT2D eigenvalue weighted by atomic mass is 32.2. The van der Waals surface area contributed by atoms with Gasteiger partial charge in [-0.15, -0.1) is 11.3 Å². The number of hydrogen-bond donors (Lipinski definition) is 1. The Balaban J connectivity index is 2.63. The molecular weight excluding hydrogens is 208 g/mol. The van der Waals surface area contributed by atoms with E-state index in [-0.39, 0.29) is 11.7 Å². The molecule has 0 fully saturated rings. The number of carbonyl (C=O) groups is 1. The number of carboxylic acid groups (broad SMARTS) is 1. The van der Waals surface area contributed by atoms with Gasteiger partial charge in [0.15, 0.2) is 0 Å². The normalized spacial score (nSPS) is 15.2. The summed E-state index contributed by atoms with van der Waals surface area (Å²) in [7, 11) is -1.18. The summed E-state index contributed by atoms with van der Waals surface area (Å²) in [4.78, 5) is 10.4. The fourth-order valence-electron chi connectivity index (χ4n) is 0.898. The first kappa shape index (κ1) is 10.4. The number of rotatable bonds is 4. The molecule has 13 heavy (non-hydrogen) atoms. The average molecular weight is 218 g/mol. The van der Waals surface area contributed by atoms with Crippen molar-refractivity contribution in [3.05, 3.63) is 17.5 Å². The minimum absolute atomic E-state index is 0.0511. The van der Waals surface area contributed by atoms with Crippen molar-refractivity contribution in [1.29, 1.82) is 0 Å². The molecule has 0 aliphatic heterocycles. The molecule has 72 valence electrons. The van der Waals surface area contributed by atoms with Gasteiger partial charge in [0, 0.05) is 5.25 Å². The lowest BCUT2D eigenvalue weighted by Crippen LogP contribution is -2.14. The van der Waals surface area contributed by atoms with Gasteiger partial charge in [-0.3, -0.25) is 9.00 Å². The zero-order valence-corrected chi connectivity index (χ0v) is 8.73. The van der Waals surface area contributed by atoms with Gasteiger partial charge in [0.2, 0.25) is 0 Å². The van der Waals surface area contributed by atoms with Crippen LogP contribution in [-0.4, -0.2) is 20.5 Å². The summed E-state index contributed by atoms with van der Waals surface area (Å²) in [6, 6.07) is 3.57. The van der Waals surface area contributed by atoms with Crippen molar-refractivity contribution in [3.8, 4) is 0 Å². The van der Waals surface area contributed by atoms with Crippen LogP contribution in [0.1, 0.15) is 13.3 Å². The van der Waals surface area contributed by atoms with Crippen molar-refractivity contribution in [2.75, 3.05) is 0 Å². The average Bonchev–Trinajstić information content (AvgIpc) is 2.53. The third-order valence-electron chi connectivity index (χ3n) is 1.52. The molecule has 0 saturated heterocycles. The SMILES string of the molecule is CC(CC(=O)O)S(=O)c1cccs1. The Kier molecular flexibility index (Phi) is 3.62. The van der Waals surface area contributed by atoms with Gasteiger partial charge in [-0.25, -0.2) is 0 Å². The van der Waals surface area contributed by atoms with Crippen molar-refractivity contribution >= 4 is 28.1 Å². The second kappa shape index (κ2) is 4.53. The molecule has 0 aliphatic rings. The first-order valence-electron chi connectivity index (χ1n) is 3.77. The van der Waals surface area contributed by atoms with Crippen molar-refractivity contribution in [1.82, 2.24) is 0 Å².